The number of hydrogen-bond acceptors (Lipinski definition) is 3. The van der Waals surface area contributed by atoms with Crippen molar-refractivity contribution in [3.05, 3.63) is 23.4 Å². The van der Waals surface area contributed by atoms with Gasteiger partial charge in [-0.3, -0.25) is 9.89 Å². The molecule has 0 fully saturated rings. The Bertz CT molecular complexity index is 488. The number of aromatic nitrogens is 2. The number of H-pyrrole nitrogens is 1. The van der Waals surface area contributed by atoms with Crippen LogP contribution >= 0.6 is 0 Å². The number of aromatic amines is 1. The van der Waals surface area contributed by atoms with Gasteiger partial charge in [0.05, 0.1) is 18.2 Å². The number of ether oxygens (including phenoxy) is 1. The second-order valence-corrected chi connectivity index (χ2v) is 3.08. The monoisotopic (exact) mass is 190 g/mol. The van der Waals surface area contributed by atoms with Crippen LogP contribution in [-0.4, -0.2) is 23.6 Å². The summed E-state index contributed by atoms with van der Waals surface area (Å²) >= 11 is 0. The normalized spacial score (nSPS) is 10.4. The Hall–Kier alpha value is -1.84. The van der Waals surface area contributed by atoms with Gasteiger partial charge in [-0.25, -0.2) is 0 Å². The fourth-order valence-electron chi connectivity index (χ4n) is 1.45. The molecule has 72 valence electrons. The average molecular weight is 190 g/mol. The highest BCUT2D eigenvalue weighted by atomic mass is 16.5. The number of nitrogens with one attached hydrogen (secondary N) is 1. The average Bonchev–Trinajstić information content (AvgIpc) is 2.58. The lowest BCUT2D eigenvalue weighted by molar-refractivity contribution is 0.112. The van der Waals surface area contributed by atoms with Crippen LogP contribution in [0.2, 0.25) is 0 Å². The molecule has 0 aliphatic heterocycles. The van der Waals surface area contributed by atoms with Crippen molar-refractivity contribution in [3.63, 3.8) is 0 Å². The van der Waals surface area contributed by atoms with Crippen LogP contribution in [0.25, 0.3) is 10.9 Å². The minimum atomic E-state index is 0.520. The largest absolute Gasteiger partial charge is 0.496 e. The number of benzene rings is 1. The Morgan fingerprint density at radius 2 is 2.29 bits per heavy atom. The number of aryl methyl sites for hydroxylation is 1. The van der Waals surface area contributed by atoms with Crippen LogP contribution < -0.4 is 4.74 Å². The first-order valence-corrected chi connectivity index (χ1v) is 4.24. The van der Waals surface area contributed by atoms with E-state index in [1.807, 2.05) is 13.0 Å². The van der Waals surface area contributed by atoms with Gasteiger partial charge in [-0.1, -0.05) is 0 Å². The molecular weight excluding hydrogens is 180 g/mol. The molecule has 0 saturated carbocycles. The van der Waals surface area contributed by atoms with Crippen molar-refractivity contribution >= 4 is 17.2 Å². The molecule has 1 aromatic carbocycles. The molecule has 2 rings (SSSR count). The van der Waals surface area contributed by atoms with E-state index < -0.39 is 0 Å². The summed E-state index contributed by atoms with van der Waals surface area (Å²) in [5, 5.41) is 7.90. The fraction of sp³-hybridized carbons (Fsp3) is 0.200. The Morgan fingerprint density at radius 1 is 1.50 bits per heavy atom. The third-order valence-corrected chi connectivity index (χ3v) is 2.22. The fourth-order valence-corrected chi connectivity index (χ4v) is 1.45. The van der Waals surface area contributed by atoms with Crippen LogP contribution in [0.3, 0.4) is 0 Å². The quantitative estimate of drug-likeness (QED) is 0.733. The van der Waals surface area contributed by atoms with E-state index >= 15 is 0 Å². The lowest BCUT2D eigenvalue weighted by Crippen LogP contribution is -1.90. The topological polar surface area (TPSA) is 55.0 Å². The van der Waals surface area contributed by atoms with Crippen LogP contribution in [0.15, 0.2) is 12.1 Å². The van der Waals surface area contributed by atoms with Crippen molar-refractivity contribution in [2.45, 2.75) is 6.92 Å². The molecule has 0 atom stereocenters. The van der Waals surface area contributed by atoms with Crippen molar-refractivity contribution in [3.8, 4) is 5.75 Å². The SMILES string of the molecule is COc1cc2c(C)[nH]nc2cc1C=O. The number of nitrogens with zero attached hydrogens (tertiary/aromatic N) is 1. The highest BCUT2D eigenvalue weighted by Crippen LogP contribution is 2.25. The summed E-state index contributed by atoms with van der Waals surface area (Å²) in [5.74, 6) is 0.581. The van der Waals surface area contributed by atoms with Gasteiger partial charge in [0.1, 0.15) is 5.75 Å². The van der Waals surface area contributed by atoms with E-state index in [0.717, 1.165) is 22.9 Å². The molecule has 0 aliphatic carbocycles. The van der Waals surface area contributed by atoms with E-state index in [4.69, 9.17) is 4.74 Å². The third-order valence-electron chi connectivity index (χ3n) is 2.22. The maximum absolute atomic E-state index is 10.7. The summed E-state index contributed by atoms with van der Waals surface area (Å²) < 4.78 is 5.10. The van der Waals surface area contributed by atoms with Gasteiger partial charge < -0.3 is 4.74 Å². The summed E-state index contributed by atoms with van der Waals surface area (Å²) in [4.78, 5) is 10.7. The number of methoxy groups -OCH3 is 1. The summed E-state index contributed by atoms with van der Waals surface area (Å²) in [6, 6.07) is 3.53. The molecule has 0 radical (unpaired) electrons. The molecule has 0 aliphatic rings. The first-order chi connectivity index (χ1) is 6.76. The van der Waals surface area contributed by atoms with Crippen LogP contribution in [0.1, 0.15) is 16.1 Å². The Balaban J connectivity index is 2.77. The van der Waals surface area contributed by atoms with Gasteiger partial charge in [0.2, 0.25) is 0 Å². The second kappa shape index (κ2) is 3.14. The number of fused-ring (bicyclic) bond motifs is 1. The molecule has 1 N–H and O–H groups in total. The predicted octanol–water partition coefficient (Wildman–Crippen LogP) is 1.69. The number of aldehydes is 1. The minimum absolute atomic E-state index is 0.520. The van der Waals surface area contributed by atoms with Crippen molar-refractivity contribution in [1.82, 2.24) is 10.2 Å². The lowest BCUT2D eigenvalue weighted by Gasteiger charge is -2.02. The van der Waals surface area contributed by atoms with Gasteiger partial charge in [-0.15, -0.1) is 0 Å². The molecule has 0 saturated heterocycles. The van der Waals surface area contributed by atoms with E-state index in [0.29, 0.717) is 11.3 Å². The molecule has 1 heterocycles. The maximum Gasteiger partial charge on any atom is 0.153 e. The van der Waals surface area contributed by atoms with Crippen LogP contribution in [0.5, 0.6) is 5.75 Å². The number of hydrogen-bond donors (Lipinski definition) is 1. The zero-order valence-corrected chi connectivity index (χ0v) is 8.00. The molecule has 2 aromatic rings. The molecular formula is C10H10N2O2. The Labute approximate surface area is 80.9 Å². The third kappa shape index (κ3) is 1.16. The zero-order chi connectivity index (χ0) is 10.1. The van der Waals surface area contributed by atoms with E-state index in [9.17, 15) is 4.79 Å². The number of carbonyl (C=O) groups is 1. The van der Waals surface area contributed by atoms with Crippen molar-refractivity contribution in [2.24, 2.45) is 0 Å². The standard InChI is InChI=1S/C10H10N2O2/c1-6-8-4-10(14-2)7(5-13)3-9(8)12-11-6/h3-5H,1-2H3,(H,11,12). The summed E-state index contributed by atoms with van der Waals surface area (Å²) in [7, 11) is 1.55. The minimum Gasteiger partial charge on any atom is -0.496 e. The molecule has 0 unspecified atom stereocenters. The number of rotatable bonds is 2. The van der Waals surface area contributed by atoms with Gasteiger partial charge in [0.15, 0.2) is 6.29 Å². The summed E-state index contributed by atoms with van der Waals surface area (Å²) in [5.41, 5.74) is 2.27. The molecule has 4 nitrogen and oxygen atoms in total. The van der Waals surface area contributed by atoms with Crippen molar-refractivity contribution in [2.75, 3.05) is 7.11 Å². The van der Waals surface area contributed by atoms with Gasteiger partial charge >= 0.3 is 0 Å². The van der Waals surface area contributed by atoms with E-state index in [-0.39, 0.29) is 0 Å². The molecule has 4 heteroatoms. The highest BCUT2D eigenvalue weighted by Gasteiger charge is 2.08. The summed E-state index contributed by atoms with van der Waals surface area (Å²) in [6.45, 7) is 1.93. The Morgan fingerprint density at radius 3 is 2.93 bits per heavy atom. The molecule has 0 amide bonds. The highest BCUT2D eigenvalue weighted by molar-refractivity contribution is 5.91. The van der Waals surface area contributed by atoms with Gasteiger partial charge in [0.25, 0.3) is 0 Å². The molecule has 14 heavy (non-hydrogen) atoms. The van der Waals surface area contributed by atoms with Crippen molar-refractivity contribution in [1.29, 1.82) is 0 Å². The number of carbonyl (C=O) groups excluding carboxylic acids is 1. The van der Waals surface area contributed by atoms with Crippen LogP contribution in [0, 0.1) is 6.92 Å². The van der Waals surface area contributed by atoms with E-state index in [1.165, 1.54) is 0 Å². The van der Waals surface area contributed by atoms with Gasteiger partial charge in [0, 0.05) is 11.1 Å². The maximum atomic E-state index is 10.7. The lowest BCUT2D eigenvalue weighted by atomic mass is 10.1. The van der Waals surface area contributed by atoms with Crippen LogP contribution in [0.4, 0.5) is 0 Å². The molecule has 0 spiro atoms. The van der Waals surface area contributed by atoms with Gasteiger partial charge in [-0.2, -0.15) is 5.10 Å². The Kier molecular flexibility index (Phi) is 1.96. The second-order valence-electron chi connectivity index (χ2n) is 3.08. The zero-order valence-electron chi connectivity index (χ0n) is 8.00. The molecule has 1 aromatic heterocycles. The first-order valence-electron chi connectivity index (χ1n) is 4.24. The summed E-state index contributed by atoms with van der Waals surface area (Å²) in [6.07, 6.45) is 0.766. The predicted molar refractivity (Wildman–Crippen MR) is 52.8 cm³/mol. The smallest absolute Gasteiger partial charge is 0.153 e. The van der Waals surface area contributed by atoms with Crippen molar-refractivity contribution < 1.29 is 9.53 Å². The van der Waals surface area contributed by atoms with Crippen LogP contribution in [-0.2, 0) is 0 Å². The molecule has 0 bridgehead atoms. The van der Waals surface area contributed by atoms with E-state index in [2.05, 4.69) is 10.2 Å². The van der Waals surface area contributed by atoms with Gasteiger partial charge in [-0.05, 0) is 19.1 Å². The van der Waals surface area contributed by atoms with E-state index in [1.54, 1.807) is 13.2 Å². The first kappa shape index (κ1) is 8.74.